The minimum absolute atomic E-state index is 0.0579. The number of aryl methyl sites for hydroxylation is 1. The molecular weight excluding hydrogens is 398 g/mol. The van der Waals surface area contributed by atoms with Crippen molar-refractivity contribution < 1.29 is 14.3 Å². The van der Waals surface area contributed by atoms with Crippen molar-refractivity contribution in [3.63, 3.8) is 0 Å². The summed E-state index contributed by atoms with van der Waals surface area (Å²) in [7, 11) is 0. The van der Waals surface area contributed by atoms with Crippen LogP contribution in [0.15, 0.2) is 36.4 Å². The molecule has 0 fully saturated rings. The minimum Gasteiger partial charge on any atom is -0.462 e. The van der Waals surface area contributed by atoms with Crippen LogP contribution >= 0.6 is 11.6 Å². The summed E-state index contributed by atoms with van der Waals surface area (Å²) in [6.45, 7) is 5.22. The van der Waals surface area contributed by atoms with Gasteiger partial charge in [0.25, 0.3) is 0 Å². The molecule has 3 rings (SSSR count). The molecule has 0 unspecified atom stereocenters. The van der Waals surface area contributed by atoms with E-state index in [-0.39, 0.29) is 11.8 Å². The maximum Gasteiger partial charge on any atom is 0.339 e. The van der Waals surface area contributed by atoms with Crippen LogP contribution in [0.2, 0.25) is 5.02 Å². The van der Waals surface area contributed by atoms with E-state index in [9.17, 15) is 9.59 Å². The van der Waals surface area contributed by atoms with E-state index in [1.54, 1.807) is 24.3 Å². The molecule has 1 aromatic carbocycles. The van der Waals surface area contributed by atoms with Crippen LogP contribution in [0.25, 0.3) is 5.57 Å². The average molecular weight is 428 g/mol. The lowest BCUT2D eigenvalue weighted by Crippen LogP contribution is -2.12. The summed E-state index contributed by atoms with van der Waals surface area (Å²) >= 11 is 6.11. The Morgan fingerprint density at radius 2 is 1.87 bits per heavy atom. The second kappa shape index (κ2) is 10.6. The van der Waals surface area contributed by atoms with E-state index >= 15 is 0 Å². The molecule has 1 aliphatic heterocycles. The molecule has 0 bridgehead atoms. The maximum atomic E-state index is 13.3. The molecule has 0 radical (unpaired) electrons. The standard InChI is InChI=1S/C25H30ClNO3/c1-3-5-7-8-15-30-25(29)21-13-14-27-22(21)17-18(10-6-4-2)23(27)24(28)19-11-9-12-20(26)16-19/h9,11-13,16-17H,3-8,10,14-15H2,1-2H3. The summed E-state index contributed by atoms with van der Waals surface area (Å²) in [6, 6.07) is 9.02. The summed E-state index contributed by atoms with van der Waals surface area (Å²) in [5.74, 6) is -0.357. The molecule has 0 amide bonds. The van der Waals surface area contributed by atoms with Gasteiger partial charge in [-0.3, -0.25) is 4.79 Å². The Bertz CT molecular complexity index is 942. The Morgan fingerprint density at radius 3 is 2.60 bits per heavy atom. The summed E-state index contributed by atoms with van der Waals surface area (Å²) in [4.78, 5) is 26.0. The Balaban J connectivity index is 1.83. The molecular formula is C25H30ClNO3. The highest BCUT2D eigenvalue weighted by molar-refractivity contribution is 6.31. The van der Waals surface area contributed by atoms with Crippen LogP contribution in [-0.4, -0.2) is 22.9 Å². The summed E-state index contributed by atoms with van der Waals surface area (Å²) in [5, 5.41) is 0.537. The monoisotopic (exact) mass is 427 g/mol. The normalized spacial score (nSPS) is 12.6. The molecule has 0 N–H and O–H groups in total. The smallest absolute Gasteiger partial charge is 0.339 e. The molecule has 1 aliphatic rings. The average Bonchev–Trinajstić information content (AvgIpc) is 3.30. The quantitative estimate of drug-likeness (QED) is 0.242. The van der Waals surface area contributed by atoms with Crippen LogP contribution < -0.4 is 0 Å². The Labute approximate surface area is 183 Å². The third-order valence-electron chi connectivity index (χ3n) is 5.48. The van der Waals surface area contributed by atoms with Gasteiger partial charge in [0.05, 0.1) is 23.6 Å². The molecule has 0 atom stereocenters. The van der Waals surface area contributed by atoms with Gasteiger partial charge in [0.2, 0.25) is 5.78 Å². The van der Waals surface area contributed by atoms with Gasteiger partial charge >= 0.3 is 5.97 Å². The van der Waals surface area contributed by atoms with Crippen molar-refractivity contribution >= 4 is 28.9 Å². The van der Waals surface area contributed by atoms with Crippen LogP contribution in [0.1, 0.15) is 79.7 Å². The van der Waals surface area contributed by atoms with Gasteiger partial charge in [-0.15, -0.1) is 0 Å². The Hall–Kier alpha value is -2.33. The van der Waals surface area contributed by atoms with E-state index in [1.807, 2.05) is 16.7 Å². The number of carbonyl (C=O) groups excluding carboxylic acids is 2. The Kier molecular flexibility index (Phi) is 7.92. The number of ether oxygens (including phenoxy) is 1. The zero-order valence-electron chi connectivity index (χ0n) is 17.9. The fourth-order valence-corrected chi connectivity index (χ4v) is 4.05. The second-order valence-corrected chi connectivity index (χ2v) is 8.21. The number of nitrogens with zero attached hydrogens (tertiary/aromatic N) is 1. The van der Waals surface area contributed by atoms with Gasteiger partial charge in [-0.25, -0.2) is 4.79 Å². The van der Waals surface area contributed by atoms with Gasteiger partial charge in [-0.2, -0.15) is 0 Å². The zero-order chi connectivity index (χ0) is 21.5. The first kappa shape index (κ1) is 22.4. The van der Waals surface area contributed by atoms with Gasteiger partial charge in [-0.05, 0) is 49.1 Å². The van der Waals surface area contributed by atoms with E-state index in [1.165, 1.54) is 0 Å². The number of allylic oxidation sites excluding steroid dienone is 1. The van der Waals surface area contributed by atoms with Gasteiger partial charge in [0, 0.05) is 17.1 Å². The molecule has 4 nitrogen and oxygen atoms in total. The molecule has 0 spiro atoms. The number of ketones is 1. The van der Waals surface area contributed by atoms with E-state index in [2.05, 4.69) is 13.8 Å². The molecule has 0 saturated carbocycles. The highest BCUT2D eigenvalue weighted by Crippen LogP contribution is 2.32. The molecule has 2 aromatic rings. The van der Waals surface area contributed by atoms with Gasteiger partial charge < -0.3 is 9.30 Å². The van der Waals surface area contributed by atoms with Crippen molar-refractivity contribution in [2.45, 2.75) is 65.3 Å². The largest absolute Gasteiger partial charge is 0.462 e. The number of esters is 1. The Morgan fingerprint density at radius 1 is 1.07 bits per heavy atom. The van der Waals surface area contributed by atoms with Gasteiger partial charge in [0.15, 0.2) is 0 Å². The first-order chi connectivity index (χ1) is 14.6. The van der Waals surface area contributed by atoms with Crippen LogP contribution in [0.4, 0.5) is 0 Å². The predicted molar refractivity (Wildman–Crippen MR) is 121 cm³/mol. The van der Waals surface area contributed by atoms with Crippen molar-refractivity contribution in [3.05, 3.63) is 63.9 Å². The second-order valence-electron chi connectivity index (χ2n) is 7.77. The van der Waals surface area contributed by atoms with E-state index in [0.717, 1.165) is 56.2 Å². The number of fused-ring (bicyclic) bond motifs is 1. The van der Waals surface area contributed by atoms with Crippen LogP contribution in [0.5, 0.6) is 0 Å². The molecule has 1 aromatic heterocycles. The number of benzene rings is 1. The highest BCUT2D eigenvalue weighted by Gasteiger charge is 2.29. The van der Waals surface area contributed by atoms with Gasteiger partial charge in [0.1, 0.15) is 0 Å². The van der Waals surface area contributed by atoms with Crippen LogP contribution in [-0.2, 0) is 22.5 Å². The van der Waals surface area contributed by atoms with Crippen LogP contribution in [0.3, 0.4) is 0 Å². The lowest BCUT2D eigenvalue weighted by Gasteiger charge is -2.09. The van der Waals surface area contributed by atoms with Crippen molar-refractivity contribution in [2.75, 3.05) is 6.61 Å². The summed E-state index contributed by atoms with van der Waals surface area (Å²) < 4.78 is 7.44. The van der Waals surface area contributed by atoms with E-state index in [4.69, 9.17) is 16.3 Å². The maximum absolute atomic E-state index is 13.3. The fourth-order valence-electron chi connectivity index (χ4n) is 3.86. The first-order valence-electron chi connectivity index (χ1n) is 11.0. The molecule has 5 heteroatoms. The lowest BCUT2D eigenvalue weighted by molar-refractivity contribution is -0.136. The fraction of sp³-hybridized carbons (Fsp3) is 0.440. The third kappa shape index (κ3) is 5.04. The summed E-state index contributed by atoms with van der Waals surface area (Å²) in [6.07, 6.45) is 8.94. The van der Waals surface area contributed by atoms with Crippen molar-refractivity contribution in [2.24, 2.45) is 0 Å². The third-order valence-corrected chi connectivity index (χ3v) is 5.72. The van der Waals surface area contributed by atoms with Crippen molar-refractivity contribution in [1.82, 2.24) is 4.57 Å². The van der Waals surface area contributed by atoms with E-state index in [0.29, 0.717) is 35.0 Å². The number of hydrogen-bond acceptors (Lipinski definition) is 3. The molecule has 0 aliphatic carbocycles. The van der Waals surface area contributed by atoms with Gasteiger partial charge in [-0.1, -0.05) is 63.3 Å². The predicted octanol–water partition coefficient (Wildman–Crippen LogP) is 6.24. The number of halogens is 1. The zero-order valence-corrected chi connectivity index (χ0v) is 18.6. The number of aromatic nitrogens is 1. The number of rotatable bonds is 11. The topological polar surface area (TPSA) is 48.3 Å². The first-order valence-corrected chi connectivity index (χ1v) is 11.3. The minimum atomic E-state index is -0.299. The lowest BCUT2D eigenvalue weighted by atomic mass is 10.0. The van der Waals surface area contributed by atoms with E-state index < -0.39 is 0 Å². The molecule has 2 heterocycles. The van der Waals surface area contributed by atoms with Crippen molar-refractivity contribution in [3.8, 4) is 0 Å². The highest BCUT2D eigenvalue weighted by atomic mass is 35.5. The van der Waals surface area contributed by atoms with Crippen LogP contribution in [0, 0.1) is 0 Å². The number of carbonyl (C=O) groups is 2. The summed E-state index contributed by atoms with van der Waals surface area (Å²) in [5.41, 5.74) is 3.55. The molecule has 30 heavy (non-hydrogen) atoms. The number of unbranched alkanes of at least 4 members (excludes halogenated alkanes) is 4. The molecule has 160 valence electrons. The SMILES string of the molecule is CCCCCCOC(=O)C1=CCn2c1cc(CCCC)c2C(=O)c1cccc(Cl)c1. The number of hydrogen-bond donors (Lipinski definition) is 0. The molecule has 0 saturated heterocycles. The van der Waals surface area contributed by atoms with Crippen molar-refractivity contribution in [1.29, 1.82) is 0 Å².